The van der Waals surface area contributed by atoms with Crippen molar-refractivity contribution < 1.29 is 14.7 Å². The van der Waals surface area contributed by atoms with Crippen LogP contribution in [0, 0.1) is 6.92 Å². The normalized spacial score (nSPS) is 19.5. The number of carboxylic acids is 1. The first-order chi connectivity index (χ1) is 9.50. The van der Waals surface area contributed by atoms with Crippen LogP contribution >= 0.6 is 27.3 Å². The average Bonchev–Trinajstić information content (AvgIpc) is 2.58. The lowest BCUT2D eigenvalue weighted by Crippen LogP contribution is -2.42. The van der Waals surface area contributed by atoms with Crippen LogP contribution in [0.2, 0.25) is 0 Å². The molecular weight excluding hydrogens is 344 g/mol. The van der Waals surface area contributed by atoms with Crippen molar-refractivity contribution in [2.75, 3.05) is 6.54 Å². The van der Waals surface area contributed by atoms with Crippen molar-refractivity contribution in [3.8, 4) is 0 Å². The lowest BCUT2D eigenvalue weighted by atomic mass is 10.1. The van der Waals surface area contributed by atoms with Crippen LogP contribution < -0.4 is 10.6 Å². The molecule has 0 radical (unpaired) electrons. The first kappa shape index (κ1) is 15.5. The van der Waals surface area contributed by atoms with E-state index in [1.807, 2.05) is 6.92 Å². The van der Waals surface area contributed by atoms with E-state index in [0.717, 1.165) is 40.7 Å². The maximum atomic E-state index is 11.8. The summed E-state index contributed by atoms with van der Waals surface area (Å²) >= 11 is 4.69. The first-order valence-corrected chi connectivity index (χ1v) is 8.13. The number of aromatic carboxylic acids is 1. The number of aryl methyl sites for hydroxylation is 1. The minimum Gasteiger partial charge on any atom is -0.477 e. The molecule has 1 aromatic heterocycles. The van der Waals surface area contributed by atoms with Crippen molar-refractivity contribution in [2.24, 2.45) is 0 Å². The summed E-state index contributed by atoms with van der Waals surface area (Å²) in [7, 11) is 0. The molecular formula is C13H17BrN2O3S. The third-order valence-corrected chi connectivity index (χ3v) is 5.83. The average molecular weight is 361 g/mol. The molecule has 1 atom stereocenters. The van der Waals surface area contributed by atoms with E-state index in [9.17, 15) is 14.7 Å². The molecule has 0 bridgehead atoms. The predicted octanol–water partition coefficient (Wildman–Crippen LogP) is 2.28. The monoisotopic (exact) mass is 360 g/mol. The number of nitrogens with one attached hydrogen (secondary N) is 2. The highest BCUT2D eigenvalue weighted by atomic mass is 79.9. The molecule has 0 saturated carbocycles. The molecule has 0 aliphatic carbocycles. The highest BCUT2D eigenvalue weighted by Crippen LogP contribution is 2.32. The SMILES string of the molecule is Cc1sc(C(=O)O)c(CNC2CCCCNC2=O)c1Br. The van der Waals surface area contributed by atoms with Crippen LogP contribution in [0.25, 0.3) is 0 Å². The second-order valence-electron chi connectivity index (χ2n) is 4.81. The fraction of sp³-hybridized carbons (Fsp3) is 0.538. The van der Waals surface area contributed by atoms with Crippen molar-refractivity contribution in [1.29, 1.82) is 0 Å². The molecule has 1 aromatic rings. The van der Waals surface area contributed by atoms with Crippen molar-refractivity contribution in [3.05, 3.63) is 19.8 Å². The number of thiophene rings is 1. The number of amides is 1. The quantitative estimate of drug-likeness (QED) is 0.769. The Kier molecular flexibility index (Phi) is 5.17. The van der Waals surface area contributed by atoms with Crippen LogP contribution in [0.3, 0.4) is 0 Å². The largest absolute Gasteiger partial charge is 0.477 e. The number of rotatable bonds is 4. The summed E-state index contributed by atoms with van der Waals surface area (Å²) in [6, 6.07) is -0.244. The maximum absolute atomic E-state index is 11.8. The van der Waals surface area contributed by atoms with Gasteiger partial charge >= 0.3 is 5.97 Å². The number of hydrogen-bond donors (Lipinski definition) is 3. The second-order valence-corrected chi connectivity index (χ2v) is 6.82. The van der Waals surface area contributed by atoms with Crippen LogP contribution in [0.15, 0.2) is 4.47 Å². The van der Waals surface area contributed by atoms with Gasteiger partial charge in [-0.05, 0) is 42.1 Å². The van der Waals surface area contributed by atoms with E-state index in [4.69, 9.17) is 0 Å². The Morgan fingerprint density at radius 3 is 3.00 bits per heavy atom. The van der Waals surface area contributed by atoms with E-state index < -0.39 is 5.97 Å². The van der Waals surface area contributed by atoms with Crippen LogP contribution in [-0.4, -0.2) is 29.6 Å². The lowest BCUT2D eigenvalue weighted by Gasteiger charge is -2.15. The van der Waals surface area contributed by atoms with Crippen LogP contribution in [0.4, 0.5) is 0 Å². The minimum absolute atomic E-state index is 0.00227. The summed E-state index contributed by atoms with van der Waals surface area (Å²) < 4.78 is 0.821. The zero-order chi connectivity index (χ0) is 14.7. The zero-order valence-corrected chi connectivity index (χ0v) is 13.6. The van der Waals surface area contributed by atoms with Gasteiger partial charge in [0.15, 0.2) is 0 Å². The Balaban J connectivity index is 2.10. The Bertz CT molecular complexity index is 530. The van der Waals surface area contributed by atoms with Gasteiger partial charge in [-0.1, -0.05) is 0 Å². The molecule has 1 saturated heterocycles. The van der Waals surface area contributed by atoms with Gasteiger partial charge in [-0.25, -0.2) is 4.79 Å². The number of halogens is 1. The molecule has 2 heterocycles. The molecule has 110 valence electrons. The molecule has 20 heavy (non-hydrogen) atoms. The van der Waals surface area contributed by atoms with Crippen LogP contribution in [-0.2, 0) is 11.3 Å². The molecule has 5 nitrogen and oxygen atoms in total. The maximum Gasteiger partial charge on any atom is 0.346 e. The fourth-order valence-electron chi connectivity index (χ4n) is 2.26. The summed E-state index contributed by atoms with van der Waals surface area (Å²) in [4.78, 5) is 24.3. The molecule has 0 spiro atoms. The van der Waals surface area contributed by atoms with Gasteiger partial charge in [-0.3, -0.25) is 4.79 Å². The molecule has 1 aliphatic rings. The van der Waals surface area contributed by atoms with Gasteiger partial charge < -0.3 is 15.7 Å². The van der Waals surface area contributed by atoms with E-state index in [1.54, 1.807) is 0 Å². The van der Waals surface area contributed by atoms with E-state index in [0.29, 0.717) is 11.4 Å². The zero-order valence-electron chi connectivity index (χ0n) is 11.2. The Labute approximate surface area is 129 Å². The summed E-state index contributed by atoms with van der Waals surface area (Å²) in [6.07, 6.45) is 2.77. The first-order valence-electron chi connectivity index (χ1n) is 6.53. The summed E-state index contributed by atoms with van der Waals surface area (Å²) in [5, 5.41) is 15.3. The highest BCUT2D eigenvalue weighted by Gasteiger charge is 2.23. The Hall–Kier alpha value is -0.920. The number of carboxylic acid groups (broad SMARTS) is 1. The second kappa shape index (κ2) is 6.69. The van der Waals surface area contributed by atoms with Gasteiger partial charge in [0.05, 0.1) is 6.04 Å². The van der Waals surface area contributed by atoms with Gasteiger partial charge in [0.25, 0.3) is 0 Å². The van der Waals surface area contributed by atoms with Gasteiger partial charge in [0.1, 0.15) is 4.88 Å². The number of hydrogen-bond acceptors (Lipinski definition) is 4. The standard InChI is InChI=1S/C13H17BrN2O3S/c1-7-10(14)8(11(20-7)13(18)19)6-16-9-4-2-3-5-15-12(9)17/h9,16H,2-6H2,1H3,(H,15,17)(H,18,19). The lowest BCUT2D eigenvalue weighted by molar-refractivity contribution is -0.122. The van der Waals surface area contributed by atoms with E-state index >= 15 is 0 Å². The van der Waals surface area contributed by atoms with Crippen molar-refractivity contribution >= 4 is 39.1 Å². The Morgan fingerprint density at radius 2 is 2.30 bits per heavy atom. The molecule has 1 unspecified atom stereocenters. The molecule has 1 aliphatic heterocycles. The third-order valence-electron chi connectivity index (χ3n) is 3.36. The molecule has 2 rings (SSSR count). The van der Waals surface area contributed by atoms with Crippen LogP contribution in [0.1, 0.15) is 39.4 Å². The van der Waals surface area contributed by atoms with E-state index in [2.05, 4.69) is 26.6 Å². The molecule has 7 heteroatoms. The van der Waals surface area contributed by atoms with Gasteiger partial charge in [0, 0.05) is 28.0 Å². The number of carbonyl (C=O) groups is 2. The predicted molar refractivity (Wildman–Crippen MR) is 81.2 cm³/mol. The van der Waals surface area contributed by atoms with Gasteiger partial charge in [0.2, 0.25) is 5.91 Å². The molecule has 0 aromatic carbocycles. The van der Waals surface area contributed by atoms with Crippen molar-refractivity contribution in [1.82, 2.24) is 10.6 Å². The smallest absolute Gasteiger partial charge is 0.346 e. The topological polar surface area (TPSA) is 78.4 Å². The molecule has 1 fully saturated rings. The van der Waals surface area contributed by atoms with E-state index in [-0.39, 0.29) is 11.9 Å². The fourth-order valence-corrected chi connectivity index (χ4v) is 3.88. The molecule has 3 N–H and O–H groups in total. The van der Waals surface area contributed by atoms with Crippen LogP contribution in [0.5, 0.6) is 0 Å². The molecule has 1 amide bonds. The summed E-state index contributed by atoms with van der Waals surface area (Å²) in [6.45, 7) is 2.98. The summed E-state index contributed by atoms with van der Waals surface area (Å²) in [5.74, 6) is -0.923. The van der Waals surface area contributed by atoms with Gasteiger partial charge in [-0.2, -0.15) is 0 Å². The van der Waals surface area contributed by atoms with Crippen molar-refractivity contribution in [3.63, 3.8) is 0 Å². The van der Waals surface area contributed by atoms with Crippen molar-refractivity contribution in [2.45, 2.75) is 38.8 Å². The summed E-state index contributed by atoms with van der Waals surface area (Å²) in [5.41, 5.74) is 0.719. The van der Waals surface area contributed by atoms with Gasteiger partial charge in [-0.15, -0.1) is 11.3 Å². The highest BCUT2D eigenvalue weighted by molar-refractivity contribution is 9.10. The minimum atomic E-state index is -0.925. The third kappa shape index (κ3) is 3.39. The van der Waals surface area contributed by atoms with E-state index in [1.165, 1.54) is 11.3 Å². The number of carbonyl (C=O) groups excluding carboxylic acids is 1. The Morgan fingerprint density at radius 1 is 1.55 bits per heavy atom.